The molecule has 35 heteroatoms. The van der Waals surface area contributed by atoms with Crippen molar-refractivity contribution in [2.45, 2.75) is 135 Å². The maximum Gasteiger partial charge on any atom is 0.407 e. The van der Waals surface area contributed by atoms with Gasteiger partial charge in [0.05, 0.1) is 37.1 Å². The third kappa shape index (κ3) is 27.5. The third-order valence-electron chi connectivity index (χ3n) is 20.1. The van der Waals surface area contributed by atoms with Crippen molar-refractivity contribution in [2.75, 3.05) is 125 Å². The molecule has 122 heavy (non-hydrogen) atoms. The van der Waals surface area contributed by atoms with E-state index in [0.717, 1.165) is 23.4 Å². The quantitative estimate of drug-likeness (QED) is 0.0184. The number of aliphatic hydroxyl groups is 4. The van der Waals surface area contributed by atoms with E-state index < -0.39 is 114 Å². The van der Waals surface area contributed by atoms with Gasteiger partial charge in [0.15, 0.2) is 51.8 Å². The molecule has 668 valence electrons. The summed E-state index contributed by atoms with van der Waals surface area (Å²) in [5.41, 5.74) is 9.86. The van der Waals surface area contributed by atoms with Crippen molar-refractivity contribution in [3.63, 3.8) is 0 Å². The fourth-order valence-corrected chi connectivity index (χ4v) is 14.5. The maximum atomic E-state index is 15.2. The van der Waals surface area contributed by atoms with Crippen LogP contribution in [0.4, 0.5) is 31.5 Å². The smallest absolute Gasteiger partial charge is 0.407 e. The van der Waals surface area contributed by atoms with Crippen molar-refractivity contribution in [3.8, 4) is 46.0 Å². The molecule has 0 bridgehead atoms. The summed E-state index contributed by atoms with van der Waals surface area (Å²) in [6.07, 6.45) is -6.51. The van der Waals surface area contributed by atoms with Crippen molar-refractivity contribution in [1.29, 1.82) is 0 Å². The Labute approximate surface area is 712 Å². The van der Waals surface area contributed by atoms with Crippen LogP contribution in [0.3, 0.4) is 0 Å². The number of rotatable bonds is 26. The topological polar surface area (TPSA) is 353 Å². The van der Waals surface area contributed by atoms with Gasteiger partial charge in [-0.1, -0.05) is 126 Å². The molecule has 28 nitrogen and oxygen atoms in total. The molecule has 3 fully saturated rings. The van der Waals surface area contributed by atoms with Gasteiger partial charge in [-0.15, -0.1) is 0 Å². The van der Waals surface area contributed by atoms with E-state index in [1.807, 2.05) is 58.3 Å². The molecule has 11 atom stereocenters. The Morgan fingerprint density at radius 1 is 0.484 bits per heavy atom. The van der Waals surface area contributed by atoms with Gasteiger partial charge in [0.1, 0.15) is 108 Å². The lowest BCUT2D eigenvalue weighted by molar-refractivity contribution is -0.151. The van der Waals surface area contributed by atoms with Crippen LogP contribution >= 0.6 is 11.6 Å². The number of furan rings is 1. The van der Waals surface area contributed by atoms with Crippen molar-refractivity contribution in [2.24, 2.45) is 5.73 Å². The Hall–Kier alpha value is -9.98. The number of nitrogens with two attached hydrogens (primary N) is 1. The van der Waals surface area contributed by atoms with E-state index in [4.69, 9.17) is 73.3 Å². The molecule has 7 aromatic carbocycles. The average Bonchev–Trinajstić information content (AvgIpc) is 1.10. The molecule has 0 radical (unpaired) electrons. The van der Waals surface area contributed by atoms with Crippen LogP contribution in [-0.2, 0) is 47.7 Å². The molecular formula is C87H111ClF5N7O21S. The highest BCUT2D eigenvalue weighted by molar-refractivity contribution is 7.86. The zero-order valence-electron chi connectivity index (χ0n) is 64.4. The normalized spacial score (nSPS) is 19.0. The van der Waals surface area contributed by atoms with Gasteiger partial charge >= 0.3 is 18.1 Å². The van der Waals surface area contributed by atoms with Crippen LogP contribution in [0.2, 0.25) is 5.02 Å². The Bertz CT molecular complexity index is 4770. The number of halogens is 6. The molecule has 0 spiro atoms. The molecule has 0 aliphatic carbocycles. The summed E-state index contributed by atoms with van der Waals surface area (Å²) in [6, 6.07) is 40.5. The van der Waals surface area contributed by atoms with E-state index in [1.165, 1.54) is 18.2 Å². The Morgan fingerprint density at radius 2 is 0.836 bits per heavy atom. The zero-order chi connectivity index (χ0) is 83.5. The second-order valence-electron chi connectivity index (χ2n) is 29.1. The predicted octanol–water partition coefficient (Wildman–Crippen LogP) is 12.2. The van der Waals surface area contributed by atoms with E-state index in [0.29, 0.717) is 190 Å². The number of ether oxygens (including phenoxy) is 10. The van der Waals surface area contributed by atoms with Crippen LogP contribution < -0.4 is 59.6 Å². The molecule has 3 amide bonds. The molecule has 3 saturated heterocycles. The second-order valence-corrected chi connectivity index (χ2v) is 31.1. The Balaban J connectivity index is 0.000000203. The van der Waals surface area contributed by atoms with Gasteiger partial charge in [0.25, 0.3) is 16.0 Å². The molecule has 9 N–H and O–H groups in total. The standard InChI is InChI=1S/C25H24ClF3N2O5.C23H27FN2O5.C20H23NO8S.C15H21FN2O3.4CH4/c26-16-2-4-19-15(9-16)11-22(36-19)25(28,29)24(33)30-18(13-31-6-5-17(27)12-31)23(32)14-1-3-20-21(10-14)35-8-7-34-20;24-18-8-9-26(13-18)14-19(25-23(28)31-15-16-4-2-1-3-5-16)22(27)17-6-7-20-21(12-17)30-11-10-29-20;1-30(24,25)29-13-16(21-20(23)28-12-14-5-3-2-4-6-14)19(22)15-7-8-17-18(11-15)27-10-9-26-17;16-11-3-4-18(8-11)9-12(17)15(19)10-1-2-13-14(7-10)21-6-5-20-13;;;;/h1-4,9-11,17-18,23,32H,5-8,12-13H2,(H,30,33);1-7,12,18-19,22,27H,8-11,13-15H2,(H,25,28);2-8,11,16,19,22H,9-10,12-13H2,1H3,(H,21,23);1-2,7,11-12,15,19H,3-6,8-9,17H2;4*1H4/t17-,18-,23-;18-,19-,22-;16-,19-;11-,12-,15-;;;;/m1111..../s1. The minimum absolute atomic E-state index is 0. The van der Waals surface area contributed by atoms with Crippen LogP contribution in [0.5, 0.6) is 46.0 Å². The number of nitrogens with one attached hydrogen (secondary N) is 3. The highest BCUT2D eigenvalue weighted by Gasteiger charge is 2.47. The molecule has 0 unspecified atom stereocenters. The van der Waals surface area contributed by atoms with Gasteiger partial charge in [-0.3, -0.25) is 23.7 Å². The van der Waals surface area contributed by atoms with Crippen LogP contribution in [0.15, 0.2) is 162 Å². The van der Waals surface area contributed by atoms with Gasteiger partial charge in [-0.25, -0.2) is 22.8 Å². The van der Waals surface area contributed by atoms with Gasteiger partial charge in [-0.05, 0) is 125 Å². The number of amides is 3. The average molecular weight is 1750 g/mol. The number of aliphatic hydroxyl groups excluding tert-OH is 4. The number of carbonyl (C=O) groups excluding carboxylic acids is 3. The molecule has 8 aromatic rings. The number of nitrogens with zero attached hydrogens (tertiary/aromatic N) is 3. The first-order chi connectivity index (χ1) is 56.7. The third-order valence-corrected chi connectivity index (χ3v) is 20.9. The predicted molar refractivity (Wildman–Crippen MR) is 447 cm³/mol. The van der Waals surface area contributed by atoms with E-state index in [-0.39, 0.29) is 68.1 Å². The number of carbonyl (C=O) groups is 3. The molecule has 1 aromatic heterocycles. The van der Waals surface area contributed by atoms with Crippen molar-refractivity contribution in [3.05, 3.63) is 202 Å². The van der Waals surface area contributed by atoms with Crippen LogP contribution in [0.1, 0.15) is 113 Å². The number of fused-ring (bicyclic) bond motifs is 5. The van der Waals surface area contributed by atoms with E-state index in [2.05, 4.69) is 16.0 Å². The number of likely N-dealkylation sites (tertiary alicyclic amines) is 3. The summed E-state index contributed by atoms with van der Waals surface area (Å²) in [5, 5.41) is 51.5. The number of alkyl carbamates (subject to hydrolysis) is 2. The summed E-state index contributed by atoms with van der Waals surface area (Å²) >= 11 is 5.92. The molecule has 8 heterocycles. The highest BCUT2D eigenvalue weighted by atomic mass is 35.5. The lowest BCUT2D eigenvalue weighted by Crippen LogP contribution is -2.51. The number of benzene rings is 7. The molecule has 0 saturated carbocycles. The summed E-state index contributed by atoms with van der Waals surface area (Å²) in [6.45, 7) is 6.30. The SMILES string of the molecule is C.C.C.C.CS(=O)(=O)OC[C@@H](NC(=O)OCc1ccccc1)[C@H](O)c1ccc2c(c1)OCCO2.N[C@H](CN1CC[C@@H](F)C1)[C@H](O)c1ccc2c(c1)OCCO2.O=C(N[C@H](CN1CC[C@@H](F)C1)[C@H](O)c1ccc2c(c1)OCCO2)C(F)(F)c1cc2cc(Cl)ccc2o1.O=C(N[C@H](CN1CC[C@@H](F)C1)[C@H](O)c1ccc2c(c1)OCCO2)OCc1ccccc1. The molecule has 7 aliphatic heterocycles. The first-order valence-electron chi connectivity index (χ1n) is 38.6. The van der Waals surface area contributed by atoms with E-state index in [9.17, 15) is 56.4 Å². The van der Waals surface area contributed by atoms with E-state index in [1.54, 1.807) is 89.8 Å². The first kappa shape index (κ1) is 97.5. The summed E-state index contributed by atoms with van der Waals surface area (Å²) < 4.78 is 158. The summed E-state index contributed by atoms with van der Waals surface area (Å²) in [4.78, 5) is 43.0. The lowest BCUT2D eigenvalue weighted by atomic mass is 10.0. The number of alkyl halides is 5. The molecular weight excluding hydrogens is 1640 g/mol. The largest absolute Gasteiger partial charge is 0.486 e. The van der Waals surface area contributed by atoms with E-state index >= 15 is 8.78 Å². The lowest BCUT2D eigenvalue weighted by Gasteiger charge is -2.30. The second kappa shape index (κ2) is 45.9. The minimum atomic E-state index is -4.04. The summed E-state index contributed by atoms with van der Waals surface area (Å²) in [5.74, 6) is -2.16. The van der Waals surface area contributed by atoms with Gasteiger partial charge in [-0.2, -0.15) is 17.2 Å². The molecule has 7 aliphatic rings. The van der Waals surface area contributed by atoms with Crippen molar-refractivity contribution in [1.82, 2.24) is 30.7 Å². The zero-order valence-corrected chi connectivity index (χ0v) is 66.0. The Morgan fingerprint density at radius 3 is 1.21 bits per heavy atom. The van der Waals surface area contributed by atoms with Crippen LogP contribution in [0.25, 0.3) is 11.0 Å². The fraction of sp³-hybridized carbons (Fsp3) is 0.460. The highest BCUT2D eigenvalue weighted by Crippen LogP contribution is 2.40. The van der Waals surface area contributed by atoms with Crippen LogP contribution in [0, 0.1) is 0 Å². The van der Waals surface area contributed by atoms with Crippen molar-refractivity contribution < 1.29 is 121 Å². The first-order valence-corrected chi connectivity index (χ1v) is 40.8. The maximum absolute atomic E-state index is 15.2. The molecule has 15 rings (SSSR count). The van der Waals surface area contributed by atoms with Gasteiger partial charge in [0.2, 0.25) is 0 Å². The fourth-order valence-electron chi connectivity index (χ4n) is 14.0. The Kier molecular flexibility index (Phi) is 36.7. The van der Waals surface area contributed by atoms with Gasteiger partial charge in [0, 0.05) is 75.4 Å². The monoisotopic (exact) mass is 1750 g/mol. The number of hydrogen-bond donors (Lipinski definition) is 8. The summed E-state index contributed by atoms with van der Waals surface area (Å²) in [7, 11) is -3.79. The van der Waals surface area contributed by atoms with Crippen molar-refractivity contribution >= 4 is 50.8 Å². The van der Waals surface area contributed by atoms with Crippen LogP contribution in [-0.4, -0.2) is 229 Å². The van der Waals surface area contributed by atoms with Gasteiger partial charge < -0.3 is 93.9 Å². The number of hydrogen-bond acceptors (Lipinski definition) is 25. The minimum Gasteiger partial charge on any atom is -0.486 e.